The summed E-state index contributed by atoms with van der Waals surface area (Å²) >= 11 is 0. The lowest BCUT2D eigenvalue weighted by atomic mass is 9.93. The number of amides is 2. The Labute approximate surface area is 131 Å². The van der Waals surface area contributed by atoms with Crippen LogP contribution in [0, 0.1) is 0 Å². The molecular weight excluding hydrogens is 315 g/mol. The van der Waals surface area contributed by atoms with Crippen LogP contribution in [0.4, 0.5) is 23.7 Å². The number of nitrogens with one attached hydrogen (secondary N) is 2. The average Bonchev–Trinajstić information content (AvgIpc) is 2.48. The van der Waals surface area contributed by atoms with Crippen LogP contribution in [0.1, 0.15) is 25.7 Å². The van der Waals surface area contributed by atoms with Gasteiger partial charge in [0.25, 0.3) is 0 Å². The van der Waals surface area contributed by atoms with E-state index in [2.05, 4.69) is 20.4 Å². The van der Waals surface area contributed by atoms with Gasteiger partial charge in [-0.15, -0.1) is 0 Å². The van der Waals surface area contributed by atoms with Crippen molar-refractivity contribution in [3.63, 3.8) is 0 Å². The Balaban J connectivity index is 1.77. The van der Waals surface area contributed by atoms with Crippen molar-refractivity contribution in [2.75, 3.05) is 11.9 Å². The molecule has 0 radical (unpaired) electrons. The maximum Gasteiger partial charge on any atom is 0.422 e. The van der Waals surface area contributed by atoms with E-state index in [0.717, 1.165) is 0 Å². The zero-order chi connectivity index (χ0) is 16.9. The van der Waals surface area contributed by atoms with Crippen molar-refractivity contribution in [2.45, 2.75) is 44.0 Å². The molecule has 0 aliphatic heterocycles. The second-order valence-electron chi connectivity index (χ2n) is 5.39. The fourth-order valence-corrected chi connectivity index (χ4v) is 2.27. The molecule has 0 spiro atoms. The van der Waals surface area contributed by atoms with Gasteiger partial charge in [-0.1, -0.05) is 0 Å². The first-order chi connectivity index (χ1) is 10.8. The largest absolute Gasteiger partial charge is 0.468 e. The maximum absolute atomic E-state index is 12.0. The number of halogens is 3. The molecule has 6 nitrogen and oxygen atoms in total. The predicted octanol–water partition coefficient (Wildman–Crippen LogP) is 2.45. The van der Waals surface area contributed by atoms with Crippen LogP contribution in [0.2, 0.25) is 0 Å². The fraction of sp³-hybridized carbons (Fsp3) is 0.571. The quantitative estimate of drug-likeness (QED) is 0.790. The number of hydrogen-bond donors (Lipinski definition) is 3. The van der Waals surface area contributed by atoms with Crippen LogP contribution in [-0.2, 0) is 0 Å². The lowest BCUT2D eigenvalue weighted by Crippen LogP contribution is -2.40. The highest BCUT2D eigenvalue weighted by molar-refractivity contribution is 5.89. The van der Waals surface area contributed by atoms with E-state index in [-0.39, 0.29) is 18.0 Å². The number of aromatic nitrogens is 1. The minimum atomic E-state index is -4.42. The molecule has 0 bridgehead atoms. The van der Waals surface area contributed by atoms with Gasteiger partial charge in [0.1, 0.15) is 0 Å². The van der Waals surface area contributed by atoms with E-state index >= 15 is 0 Å². The molecule has 9 heteroatoms. The third-order valence-corrected chi connectivity index (χ3v) is 3.41. The van der Waals surface area contributed by atoms with E-state index < -0.39 is 18.8 Å². The fourth-order valence-electron chi connectivity index (χ4n) is 2.27. The molecule has 0 aromatic carbocycles. The zero-order valence-electron chi connectivity index (χ0n) is 12.3. The van der Waals surface area contributed by atoms with Crippen LogP contribution in [0.25, 0.3) is 0 Å². The number of pyridine rings is 1. The van der Waals surface area contributed by atoms with Gasteiger partial charge in [-0.2, -0.15) is 13.2 Å². The van der Waals surface area contributed by atoms with Crippen molar-refractivity contribution < 1.29 is 27.8 Å². The lowest BCUT2D eigenvalue weighted by molar-refractivity contribution is -0.154. The summed E-state index contributed by atoms with van der Waals surface area (Å²) in [5, 5.41) is 14.7. The van der Waals surface area contributed by atoms with Crippen molar-refractivity contribution in [3.8, 4) is 5.88 Å². The number of rotatable bonds is 4. The van der Waals surface area contributed by atoms with Crippen LogP contribution >= 0.6 is 0 Å². The number of anilines is 1. The van der Waals surface area contributed by atoms with Gasteiger partial charge in [0.15, 0.2) is 6.61 Å². The van der Waals surface area contributed by atoms with Gasteiger partial charge in [0.05, 0.1) is 18.0 Å². The summed E-state index contributed by atoms with van der Waals surface area (Å²) in [5.41, 5.74) is 0.345. The van der Waals surface area contributed by atoms with Crippen LogP contribution < -0.4 is 15.4 Å². The Morgan fingerprint density at radius 2 is 2.00 bits per heavy atom. The first-order valence-corrected chi connectivity index (χ1v) is 7.23. The second-order valence-corrected chi connectivity index (χ2v) is 5.39. The molecule has 1 fully saturated rings. The number of aliphatic hydroxyl groups is 1. The third kappa shape index (κ3) is 6.31. The molecule has 1 aliphatic rings. The summed E-state index contributed by atoms with van der Waals surface area (Å²) < 4.78 is 40.5. The molecule has 128 valence electrons. The highest BCUT2D eigenvalue weighted by Gasteiger charge is 2.28. The number of urea groups is 1. The van der Waals surface area contributed by atoms with Crippen molar-refractivity contribution in [1.29, 1.82) is 0 Å². The summed E-state index contributed by atoms with van der Waals surface area (Å²) in [7, 11) is 0. The van der Waals surface area contributed by atoms with Crippen molar-refractivity contribution in [2.24, 2.45) is 0 Å². The molecule has 1 aromatic heterocycles. The minimum Gasteiger partial charge on any atom is -0.468 e. The number of carbonyl (C=O) groups is 1. The smallest absolute Gasteiger partial charge is 0.422 e. The highest BCUT2D eigenvalue weighted by atomic mass is 19.4. The lowest BCUT2D eigenvalue weighted by Gasteiger charge is -2.26. The van der Waals surface area contributed by atoms with Gasteiger partial charge >= 0.3 is 12.2 Å². The van der Waals surface area contributed by atoms with Crippen molar-refractivity contribution in [3.05, 3.63) is 18.3 Å². The minimum absolute atomic E-state index is 0.000696. The Bertz CT molecular complexity index is 514. The first kappa shape index (κ1) is 17.3. The van der Waals surface area contributed by atoms with Crippen molar-refractivity contribution >= 4 is 11.7 Å². The molecule has 0 atom stereocenters. The second kappa shape index (κ2) is 7.49. The van der Waals surface area contributed by atoms with E-state index in [4.69, 9.17) is 0 Å². The molecule has 1 saturated carbocycles. The molecule has 23 heavy (non-hydrogen) atoms. The van der Waals surface area contributed by atoms with E-state index in [1.807, 2.05) is 0 Å². The molecule has 1 aliphatic carbocycles. The summed E-state index contributed by atoms with van der Waals surface area (Å²) in [6.45, 7) is -1.42. The maximum atomic E-state index is 12.0. The number of aliphatic hydroxyl groups excluding tert-OH is 1. The average molecular weight is 333 g/mol. The SMILES string of the molecule is O=C(Nc1ccc(OCC(F)(F)F)nc1)NC1CCC(O)CC1. The van der Waals surface area contributed by atoms with Gasteiger partial charge in [0.2, 0.25) is 5.88 Å². The topological polar surface area (TPSA) is 83.5 Å². The molecule has 2 rings (SSSR count). The molecular formula is C14H18F3N3O3. The van der Waals surface area contributed by atoms with Gasteiger partial charge in [-0.25, -0.2) is 9.78 Å². The van der Waals surface area contributed by atoms with Crippen LogP contribution in [0.3, 0.4) is 0 Å². The van der Waals surface area contributed by atoms with E-state index in [1.165, 1.54) is 18.3 Å². The van der Waals surface area contributed by atoms with Gasteiger partial charge < -0.3 is 20.5 Å². The predicted molar refractivity (Wildman–Crippen MR) is 76.2 cm³/mol. The number of alkyl halides is 3. The summed E-state index contributed by atoms with van der Waals surface area (Å²) in [6.07, 6.45) is -0.796. The molecule has 3 N–H and O–H groups in total. The van der Waals surface area contributed by atoms with E-state index in [1.54, 1.807) is 0 Å². The normalized spacial score (nSPS) is 21.6. The zero-order valence-corrected chi connectivity index (χ0v) is 12.3. The molecule has 1 aromatic rings. The number of carbonyl (C=O) groups excluding carboxylic acids is 1. The number of ether oxygens (including phenoxy) is 1. The Morgan fingerprint density at radius 1 is 1.30 bits per heavy atom. The summed E-state index contributed by atoms with van der Waals surface area (Å²) in [5.74, 6) is -0.172. The highest BCUT2D eigenvalue weighted by Crippen LogP contribution is 2.19. The number of nitrogens with zero attached hydrogens (tertiary/aromatic N) is 1. The monoisotopic (exact) mass is 333 g/mol. The Kier molecular flexibility index (Phi) is 5.64. The van der Waals surface area contributed by atoms with Crippen LogP contribution in [0.5, 0.6) is 5.88 Å². The van der Waals surface area contributed by atoms with Crippen molar-refractivity contribution in [1.82, 2.24) is 10.3 Å². The van der Waals surface area contributed by atoms with Crippen LogP contribution in [-0.4, -0.2) is 41.1 Å². The third-order valence-electron chi connectivity index (χ3n) is 3.41. The number of hydrogen-bond acceptors (Lipinski definition) is 4. The van der Waals surface area contributed by atoms with Crippen LogP contribution in [0.15, 0.2) is 18.3 Å². The van der Waals surface area contributed by atoms with E-state index in [9.17, 15) is 23.1 Å². The molecule has 2 amide bonds. The van der Waals surface area contributed by atoms with Gasteiger partial charge in [-0.3, -0.25) is 0 Å². The Morgan fingerprint density at radius 3 is 2.57 bits per heavy atom. The van der Waals surface area contributed by atoms with E-state index in [0.29, 0.717) is 31.4 Å². The first-order valence-electron chi connectivity index (χ1n) is 7.23. The standard InChI is InChI=1S/C14H18F3N3O3/c15-14(16,17)8-23-12-6-3-10(7-18-12)20-13(22)19-9-1-4-11(21)5-2-9/h3,6-7,9,11,21H,1-2,4-5,8H2,(H2,19,20,22). The summed E-state index contributed by atoms with van der Waals surface area (Å²) in [4.78, 5) is 15.5. The Hall–Kier alpha value is -2.03. The molecule has 0 saturated heterocycles. The van der Waals surface area contributed by atoms with Gasteiger partial charge in [0, 0.05) is 12.1 Å². The molecule has 1 heterocycles. The van der Waals surface area contributed by atoms with Gasteiger partial charge in [-0.05, 0) is 31.7 Å². The molecule has 0 unspecified atom stereocenters. The summed E-state index contributed by atoms with van der Waals surface area (Å²) in [6, 6.07) is 2.24.